The molecule has 1 aromatic rings. The summed E-state index contributed by atoms with van der Waals surface area (Å²) in [5, 5.41) is 0. The Kier molecular flexibility index (Phi) is 1.63. The quantitative estimate of drug-likeness (QED) is 0.560. The molecule has 0 fully saturated rings. The molecular formula is C6H5FNO. The van der Waals surface area contributed by atoms with Gasteiger partial charge in [0.25, 0.3) is 0 Å². The van der Waals surface area contributed by atoms with E-state index >= 15 is 0 Å². The van der Waals surface area contributed by atoms with Crippen LogP contribution in [0.15, 0.2) is 12.3 Å². The first-order valence-electron chi connectivity index (χ1n) is 2.40. The minimum atomic E-state index is -0.411. The van der Waals surface area contributed by atoms with E-state index in [4.69, 9.17) is 0 Å². The van der Waals surface area contributed by atoms with Crippen molar-refractivity contribution in [1.29, 1.82) is 0 Å². The topological polar surface area (TPSA) is 22.1 Å². The van der Waals surface area contributed by atoms with Crippen molar-refractivity contribution in [2.24, 2.45) is 0 Å². The Morgan fingerprint density at radius 3 is 3.00 bits per heavy atom. The monoisotopic (exact) mass is 126 g/mol. The van der Waals surface area contributed by atoms with E-state index in [0.717, 1.165) is 6.20 Å². The second kappa shape index (κ2) is 2.44. The number of halogens is 1. The highest BCUT2D eigenvalue weighted by atomic mass is 19.1. The van der Waals surface area contributed by atoms with Crippen molar-refractivity contribution in [3.63, 3.8) is 0 Å². The SMILES string of the molecule is COc1[c]ncc(F)c1. The van der Waals surface area contributed by atoms with Gasteiger partial charge in [0.2, 0.25) is 0 Å². The van der Waals surface area contributed by atoms with Crippen molar-refractivity contribution < 1.29 is 9.13 Å². The lowest BCUT2D eigenvalue weighted by Crippen LogP contribution is -1.85. The van der Waals surface area contributed by atoms with Gasteiger partial charge in [0.1, 0.15) is 17.8 Å². The zero-order chi connectivity index (χ0) is 6.69. The van der Waals surface area contributed by atoms with Crippen LogP contribution in [0.1, 0.15) is 0 Å². The summed E-state index contributed by atoms with van der Waals surface area (Å²) in [6.07, 6.45) is 3.52. The van der Waals surface area contributed by atoms with E-state index in [1.54, 1.807) is 0 Å². The molecule has 0 aliphatic rings. The fourth-order valence-corrected chi connectivity index (χ4v) is 0.457. The molecule has 0 spiro atoms. The minimum absolute atomic E-state index is 0.315. The van der Waals surface area contributed by atoms with Crippen LogP contribution in [0.3, 0.4) is 0 Å². The predicted octanol–water partition coefficient (Wildman–Crippen LogP) is 1.03. The van der Waals surface area contributed by atoms with Crippen molar-refractivity contribution >= 4 is 0 Å². The van der Waals surface area contributed by atoms with E-state index in [0.29, 0.717) is 5.75 Å². The molecule has 9 heavy (non-hydrogen) atoms. The lowest BCUT2D eigenvalue weighted by Gasteiger charge is -1.94. The summed E-state index contributed by atoms with van der Waals surface area (Å²) in [6, 6.07) is 1.22. The van der Waals surface area contributed by atoms with Gasteiger partial charge in [0.05, 0.1) is 13.3 Å². The van der Waals surface area contributed by atoms with E-state index in [1.807, 2.05) is 0 Å². The number of pyridine rings is 1. The van der Waals surface area contributed by atoms with Gasteiger partial charge in [-0.3, -0.25) is 0 Å². The average Bonchev–Trinajstić information content (AvgIpc) is 1.88. The summed E-state index contributed by atoms with van der Waals surface area (Å²) in [6.45, 7) is 0. The van der Waals surface area contributed by atoms with Crippen LogP contribution in [0.2, 0.25) is 0 Å². The first-order chi connectivity index (χ1) is 4.33. The molecule has 3 heteroatoms. The number of methoxy groups -OCH3 is 1. The summed E-state index contributed by atoms with van der Waals surface area (Å²) in [4.78, 5) is 3.43. The van der Waals surface area contributed by atoms with Crippen LogP contribution in [0.5, 0.6) is 5.75 Å². The molecule has 1 radical (unpaired) electrons. The Bertz CT molecular complexity index is 202. The minimum Gasteiger partial charge on any atom is -0.494 e. The Labute approximate surface area is 52.3 Å². The van der Waals surface area contributed by atoms with Gasteiger partial charge in [-0.1, -0.05) is 0 Å². The van der Waals surface area contributed by atoms with Gasteiger partial charge < -0.3 is 4.74 Å². The maximum atomic E-state index is 12.2. The van der Waals surface area contributed by atoms with Crippen LogP contribution in [-0.2, 0) is 0 Å². The molecule has 2 nitrogen and oxygen atoms in total. The number of aromatic nitrogens is 1. The molecule has 1 rings (SSSR count). The van der Waals surface area contributed by atoms with Crippen LogP contribution in [0.4, 0.5) is 4.39 Å². The smallest absolute Gasteiger partial charge is 0.149 e. The summed E-state index contributed by atoms with van der Waals surface area (Å²) >= 11 is 0. The Morgan fingerprint density at radius 2 is 2.56 bits per heavy atom. The Hall–Kier alpha value is -1.12. The van der Waals surface area contributed by atoms with Gasteiger partial charge in [-0.05, 0) is 0 Å². The molecule has 0 atom stereocenters. The van der Waals surface area contributed by atoms with Crippen molar-refractivity contribution in [2.45, 2.75) is 0 Å². The predicted molar refractivity (Wildman–Crippen MR) is 29.6 cm³/mol. The summed E-state index contributed by atoms with van der Waals surface area (Å²) in [5.41, 5.74) is 0. The molecule has 0 aliphatic heterocycles. The maximum absolute atomic E-state index is 12.2. The Balaban J connectivity index is 2.94. The molecule has 0 saturated heterocycles. The molecular weight excluding hydrogens is 121 g/mol. The fraction of sp³-hybridized carbons (Fsp3) is 0.167. The molecule has 1 heterocycles. The van der Waals surface area contributed by atoms with Crippen LogP contribution in [0.25, 0.3) is 0 Å². The third-order valence-electron chi connectivity index (χ3n) is 0.852. The molecule has 0 saturated carbocycles. The second-order valence-electron chi connectivity index (χ2n) is 1.47. The number of nitrogens with zero attached hydrogens (tertiary/aromatic N) is 1. The normalized spacial score (nSPS) is 9.11. The van der Waals surface area contributed by atoms with Gasteiger partial charge in [-0.15, -0.1) is 0 Å². The Morgan fingerprint density at radius 1 is 1.78 bits per heavy atom. The largest absolute Gasteiger partial charge is 0.494 e. The summed E-state index contributed by atoms with van der Waals surface area (Å²) in [5.74, 6) is -0.0967. The average molecular weight is 126 g/mol. The van der Waals surface area contributed by atoms with Gasteiger partial charge >= 0.3 is 0 Å². The number of hydrogen-bond donors (Lipinski definition) is 0. The fourth-order valence-electron chi connectivity index (χ4n) is 0.457. The number of hydrogen-bond acceptors (Lipinski definition) is 2. The molecule has 0 N–H and O–H groups in total. The van der Waals surface area contributed by atoms with E-state index in [-0.39, 0.29) is 0 Å². The third-order valence-corrected chi connectivity index (χ3v) is 0.852. The van der Waals surface area contributed by atoms with E-state index in [2.05, 4.69) is 15.9 Å². The summed E-state index contributed by atoms with van der Waals surface area (Å²) in [7, 11) is 1.44. The molecule has 0 bridgehead atoms. The number of ether oxygens (including phenoxy) is 1. The van der Waals surface area contributed by atoms with Gasteiger partial charge in [0, 0.05) is 6.07 Å². The van der Waals surface area contributed by atoms with Crippen molar-refractivity contribution in [1.82, 2.24) is 4.98 Å². The van der Waals surface area contributed by atoms with Gasteiger partial charge in [-0.2, -0.15) is 0 Å². The van der Waals surface area contributed by atoms with Crippen LogP contribution in [0, 0.1) is 12.0 Å². The van der Waals surface area contributed by atoms with E-state index in [1.165, 1.54) is 13.2 Å². The molecule has 0 amide bonds. The van der Waals surface area contributed by atoms with Crippen LogP contribution < -0.4 is 4.74 Å². The molecule has 0 aliphatic carbocycles. The zero-order valence-corrected chi connectivity index (χ0v) is 4.89. The van der Waals surface area contributed by atoms with Crippen molar-refractivity contribution in [3.8, 4) is 5.75 Å². The molecule has 1 aromatic heterocycles. The second-order valence-corrected chi connectivity index (χ2v) is 1.47. The van der Waals surface area contributed by atoms with Crippen molar-refractivity contribution in [3.05, 3.63) is 24.3 Å². The lowest BCUT2D eigenvalue weighted by atomic mass is 10.4. The highest BCUT2D eigenvalue weighted by Gasteiger charge is 1.92. The molecule has 0 aromatic carbocycles. The van der Waals surface area contributed by atoms with Crippen LogP contribution in [-0.4, -0.2) is 12.1 Å². The third kappa shape index (κ3) is 1.38. The van der Waals surface area contributed by atoms with Gasteiger partial charge in [0.15, 0.2) is 0 Å². The highest BCUT2D eigenvalue weighted by molar-refractivity contribution is 5.14. The van der Waals surface area contributed by atoms with Gasteiger partial charge in [-0.25, -0.2) is 9.37 Å². The zero-order valence-electron chi connectivity index (χ0n) is 4.89. The highest BCUT2D eigenvalue weighted by Crippen LogP contribution is 2.06. The summed E-state index contributed by atoms with van der Waals surface area (Å²) < 4.78 is 16.8. The maximum Gasteiger partial charge on any atom is 0.149 e. The first-order valence-corrected chi connectivity index (χ1v) is 2.40. The first kappa shape index (κ1) is 6.01. The molecule has 0 unspecified atom stereocenters. The van der Waals surface area contributed by atoms with Crippen LogP contribution >= 0.6 is 0 Å². The number of rotatable bonds is 1. The lowest BCUT2D eigenvalue weighted by molar-refractivity contribution is 0.407. The van der Waals surface area contributed by atoms with E-state index in [9.17, 15) is 4.39 Å². The van der Waals surface area contributed by atoms with E-state index < -0.39 is 5.82 Å². The molecule has 47 valence electrons. The van der Waals surface area contributed by atoms with Crippen molar-refractivity contribution in [2.75, 3.05) is 7.11 Å². The standard InChI is InChI=1S/C6H5FNO/c1-9-6-2-5(7)3-8-4-6/h2-3H,1H3.